The SMILES string of the molecule is O=C(N1CC2CC1CS2)C1(c2cccs2)CCCC1. The van der Waals surface area contributed by atoms with Crippen molar-refractivity contribution in [2.24, 2.45) is 0 Å². The van der Waals surface area contributed by atoms with Crippen molar-refractivity contribution in [3.63, 3.8) is 0 Å². The lowest BCUT2D eigenvalue weighted by atomic mass is 9.82. The Balaban J connectivity index is 1.66. The molecule has 102 valence electrons. The first kappa shape index (κ1) is 12.3. The third-order valence-electron chi connectivity index (χ3n) is 5.02. The molecule has 1 aromatic rings. The van der Waals surface area contributed by atoms with E-state index in [1.54, 1.807) is 11.3 Å². The van der Waals surface area contributed by atoms with Crippen LogP contribution < -0.4 is 0 Å². The van der Waals surface area contributed by atoms with Gasteiger partial charge in [-0.05, 0) is 30.7 Å². The van der Waals surface area contributed by atoms with Gasteiger partial charge in [-0.15, -0.1) is 11.3 Å². The number of carbonyl (C=O) groups excluding carboxylic acids is 1. The van der Waals surface area contributed by atoms with Gasteiger partial charge >= 0.3 is 0 Å². The molecule has 2 unspecified atom stereocenters. The number of hydrogen-bond donors (Lipinski definition) is 0. The summed E-state index contributed by atoms with van der Waals surface area (Å²) in [7, 11) is 0. The third kappa shape index (κ3) is 1.79. The summed E-state index contributed by atoms with van der Waals surface area (Å²) in [6, 6.07) is 4.80. The Kier molecular flexibility index (Phi) is 2.92. The van der Waals surface area contributed by atoms with Crippen molar-refractivity contribution in [3.8, 4) is 0 Å². The number of thioether (sulfide) groups is 1. The summed E-state index contributed by atoms with van der Waals surface area (Å²) in [5, 5.41) is 2.84. The van der Waals surface area contributed by atoms with Crippen molar-refractivity contribution in [2.45, 2.75) is 48.8 Å². The lowest BCUT2D eigenvalue weighted by Gasteiger charge is -2.36. The lowest BCUT2D eigenvalue weighted by molar-refractivity contribution is -0.137. The second kappa shape index (κ2) is 4.52. The second-order valence-corrected chi connectivity index (χ2v) is 8.35. The van der Waals surface area contributed by atoms with Gasteiger partial charge in [0, 0.05) is 28.5 Å². The van der Waals surface area contributed by atoms with Gasteiger partial charge in [-0.25, -0.2) is 0 Å². The zero-order valence-corrected chi connectivity index (χ0v) is 12.6. The fourth-order valence-electron chi connectivity index (χ4n) is 4.02. The Morgan fingerprint density at radius 3 is 2.79 bits per heavy atom. The van der Waals surface area contributed by atoms with Crippen molar-refractivity contribution >= 4 is 29.0 Å². The number of fused-ring (bicyclic) bond motifs is 2. The first-order valence-corrected chi connectivity index (χ1v) is 9.19. The van der Waals surface area contributed by atoms with Gasteiger partial charge < -0.3 is 4.90 Å². The molecular formula is C15H19NOS2. The van der Waals surface area contributed by atoms with E-state index >= 15 is 0 Å². The molecule has 2 aliphatic heterocycles. The van der Waals surface area contributed by atoms with Gasteiger partial charge in [0.2, 0.25) is 5.91 Å². The van der Waals surface area contributed by atoms with Crippen LogP contribution in [0.15, 0.2) is 17.5 Å². The van der Waals surface area contributed by atoms with Crippen LogP contribution in [0.3, 0.4) is 0 Å². The smallest absolute Gasteiger partial charge is 0.234 e. The summed E-state index contributed by atoms with van der Waals surface area (Å²) < 4.78 is 0. The zero-order valence-electron chi connectivity index (χ0n) is 11.0. The fourth-order valence-corrected chi connectivity index (χ4v) is 6.43. The Bertz CT molecular complexity index is 478. The maximum absolute atomic E-state index is 13.2. The van der Waals surface area contributed by atoms with E-state index in [4.69, 9.17) is 0 Å². The summed E-state index contributed by atoms with van der Waals surface area (Å²) >= 11 is 3.83. The first-order chi connectivity index (χ1) is 9.29. The molecule has 3 fully saturated rings. The van der Waals surface area contributed by atoms with E-state index < -0.39 is 0 Å². The molecule has 2 atom stereocenters. The summed E-state index contributed by atoms with van der Waals surface area (Å²) in [5.74, 6) is 1.61. The number of nitrogens with zero attached hydrogens (tertiary/aromatic N) is 1. The Hall–Kier alpha value is -0.480. The van der Waals surface area contributed by atoms with Gasteiger partial charge in [0.15, 0.2) is 0 Å². The summed E-state index contributed by atoms with van der Waals surface area (Å²) in [6.07, 6.45) is 5.78. The molecule has 19 heavy (non-hydrogen) atoms. The van der Waals surface area contributed by atoms with E-state index in [2.05, 4.69) is 34.2 Å². The topological polar surface area (TPSA) is 20.3 Å². The molecule has 3 heterocycles. The Morgan fingerprint density at radius 1 is 1.37 bits per heavy atom. The number of rotatable bonds is 2. The number of hydrogen-bond acceptors (Lipinski definition) is 3. The van der Waals surface area contributed by atoms with E-state index in [1.807, 2.05) is 0 Å². The maximum Gasteiger partial charge on any atom is 0.234 e. The largest absolute Gasteiger partial charge is 0.337 e. The van der Waals surface area contributed by atoms with Crippen molar-refractivity contribution in [1.29, 1.82) is 0 Å². The van der Waals surface area contributed by atoms with Gasteiger partial charge in [-0.2, -0.15) is 11.8 Å². The van der Waals surface area contributed by atoms with E-state index in [9.17, 15) is 4.79 Å². The molecule has 1 aliphatic carbocycles. The highest BCUT2D eigenvalue weighted by molar-refractivity contribution is 8.00. The van der Waals surface area contributed by atoms with E-state index in [0.717, 1.165) is 30.4 Å². The lowest BCUT2D eigenvalue weighted by Crippen LogP contribution is -2.49. The van der Waals surface area contributed by atoms with Crippen molar-refractivity contribution < 1.29 is 4.79 Å². The van der Waals surface area contributed by atoms with Crippen LogP contribution in [-0.4, -0.2) is 34.4 Å². The Labute approximate surface area is 122 Å². The van der Waals surface area contributed by atoms with Gasteiger partial charge in [-0.3, -0.25) is 4.79 Å². The zero-order chi connectivity index (χ0) is 12.9. The molecule has 3 aliphatic rings. The molecule has 2 nitrogen and oxygen atoms in total. The summed E-state index contributed by atoms with van der Waals surface area (Å²) in [4.78, 5) is 16.7. The van der Waals surface area contributed by atoms with Crippen LogP contribution in [0.4, 0.5) is 0 Å². The van der Waals surface area contributed by atoms with E-state index in [-0.39, 0.29) is 5.41 Å². The van der Waals surface area contributed by atoms with Crippen LogP contribution in [0.1, 0.15) is 37.0 Å². The van der Waals surface area contributed by atoms with Crippen LogP contribution in [0.5, 0.6) is 0 Å². The summed E-state index contributed by atoms with van der Waals surface area (Å²) in [5.41, 5.74) is -0.163. The van der Waals surface area contributed by atoms with Crippen molar-refractivity contribution in [1.82, 2.24) is 4.90 Å². The number of likely N-dealkylation sites (tertiary alicyclic amines) is 1. The van der Waals surface area contributed by atoms with Gasteiger partial charge in [0.1, 0.15) is 0 Å². The molecule has 2 saturated heterocycles. The fraction of sp³-hybridized carbons (Fsp3) is 0.667. The predicted octanol–water partition coefficient (Wildman–Crippen LogP) is 3.28. The second-order valence-electron chi connectivity index (χ2n) is 6.07. The molecular weight excluding hydrogens is 274 g/mol. The third-order valence-corrected chi connectivity index (χ3v) is 7.48. The minimum absolute atomic E-state index is 0.163. The summed E-state index contributed by atoms with van der Waals surface area (Å²) in [6.45, 7) is 1.00. The van der Waals surface area contributed by atoms with Crippen LogP contribution in [0, 0.1) is 0 Å². The monoisotopic (exact) mass is 293 g/mol. The van der Waals surface area contributed by atoms with Crippen molar-refractivity contribution in [3.05, 3.63) is 22.4 Å². The quantitative estimate of drug-likeness (QED) is 0.834. The highest BCUT2D eigenvalue weighted by Gasteiger charge is 2.50. The van der Waals surface area contributed by atoms with Crippen LogP contribution in [0.2, 0.25) is 0 Å². The molecule has 1 aromatic heterocycles. The van der Waals surface area contributed by atoms with Gasteiger partial charge in [0.25, 0.3) is 0 Å². The highest BCUT2D eigenvalue weighted by atomic mass is 32.2. The average molecular weight is 293 g/mol. The van der Waals surface area contributed by atoms with E-state index in [0.29, 0.717) is 11.9 Å². The molecule has 4 rings (SSSR count). The molecule has 2 bridgehead atoms. The number of thiophene rings is 1. The van der Waals surface area contributed by atoms with Gasteiger partial charge in [-0.1, -0.05) is 18.9 Å². The standard InChI is InChI=1S/C15H19NOS2/c17-14(16-9-12-8-11(16)10-19-12)15(5-1-2-6-15)13-4-3-7-18-13/h3-4,7,11-12H,1-2,5-6,8-10H2. The Morgan fingerprint density at radius 2 is 2.21 bits per heavy atom. The molecule has 4 heteroatoms. The molecule has 0 N–H and O–H groups in total. The number of amides is 1. The molecule has 0 aromatic carbocycles. The van der Waals surface area contributed by atoms with Crippen LogP contribution >= 0.6 is 23.1 Å². The van der Waals surface area contributed by atoms with Gasteiger partial charge in [0.05, 0.1) is 5.41 Å². The molecule has 1 saturated carbocycles. The van der Waals surface area contributed by atoms with E-state index in [1.165, 1.54) is 24.1 Å². The first-order valence-electron chi connectivity index (χ1n) is 7.26. The van der Waals surface area contributed by atoms with Crippen LogP contribution in [-0.2, 0) is 10.2 Å². The molecule has 1 amide bonds. The minimum Gasteiger partial charge on any atom is -0.337 e. The normalized spacial score (nSPS) is 32.1. The molecule has 0 radical (unpaired) electrons. The van der Waals surface area contributed by atoms with Crippen molar-refractivity contribution in [2.75, 3.05) is 12.3 Å². The highest BCUT2D eigenvalue weighted by Crippen LogP contribution is 2.47. The average Bonchev–Trinajstić information content (AvgIpc) is 3.19. The number of carbonyl (C=O) groups is 1. The molecule has 0 spiro atoms. The van der Waals surface area contributed by atoms with Crippen LogP contribution in [0.25, 0.3) is 0 Å². The minimum atomic E-state index is -0.163. The maximum atomic E-state index is 13.2. The predicted molar refractivity (Wildman–Crippen MR) is 80.8 cm³/mol.